The Balaban J connectivity index is 3.66. The van der Waals surface area contributed by atoms with E-state index in [0.29, 0.717) is 39.4 Å². The second kappa shape index (κ2) is 35.7. The Bertz CT molecular complexity index is 955. The fourth-order valence-corrected chi connectivity index (χ4v) is 5.05. The van der Waals surface area contributed by atoms with Crippen molar-refractivity contribution in [3.8, 4) is 0 Å². The molecule has 0 saturated heterocycles. The molecule has 15 heteroatoms. The molecule has 0 aromatic heterocycles. The summed E-state index contributed by atoms with van der Waals surface area (Å²) in [7, 11) is 0. The van der Waals surface area contributed by atoms with Crippen molar-refractivity contribution in [2.24, 2.45) is 0 Å². The van der Waals surface area contributed by atoms with Gasteiger partial charge in [0.2, 0.25) is 17.7 Å². The minimum Gasteiger partial charge on any atom is -0.481 e. The Labute approximate surface area is 309 Å². The highest BCUT2D eigenvalue weighted by atomic mass is 32.1. The standard InChI is InChI=1S/C36H65N3O11S/c1-30(51)28-49-26-24-48-23-21-38-34(42)29-50-27-25-47-22-20-37-32(40)19-18-31(36(45)46)39-33(41)16-14-12-10-8-6-4-2-3-5-7-9-11-13-15-17-35(43)44/h31H,2-29H2,1H3,(H,37,40)(H,38,42)(H,39,41)(H,43,44)(H,45,46)/t31-/m0/s1. The van der Waals surface area contributed by atoms with Gasteiger partial charge in [-0.05, 0) is 26.2 Å². The molecule has 0 rings (SSSR count). The second-order valence-electron chi connectivity index (χ2n) is 12.6. The van der Waals surface area contributed by atoms with E-state index in [2.05, 4.69) is 16.0 Å². The van der Waals surface area contributed by atoms with Gasteiger partial charge >= 0.3 is 11.9 Å². The summed E-state index contributed by atoms with van der Waals surface area (Å²) in [6.07, 6.45) is 15.7. The number of rotatable bonds is 38. The van der Waals surface area contributed by atoms with Gasteiger partial charge in [0.05, 0.1) is 46.2 Å². The first kappa shape index (κ1) is 48.3. The van der Waals surface area contributed by atoms with Crippen molar-refractivity contribution >= 4 is 46.7 Å². The zero-order valence-corrected chi connectivity index (χ0v) is 31.7. The third-order valence-corrected chi connectivity index (χ3v) is 7.88. The van der Waals surface area contributed by atoms with Crippen LogP contribution in [-0.4, -0.2) is 117 Å². The lowest BCUT2D eigenvalue weighted by Crippen LogP contribution is -2.41. The van der Waals surface area contributed by atoms with Crippen LogP contribution in [0.2, 0.25) is 0 Å². The van der Waals surface area contributed by atoms with E-state index in [9.17, 15) is 29.1 Å². The summed E-state index contributed by atoms with van der Waals surface area (Å²) in [6, 6.07) is -1.12. The number of ether oxygens (including phenoxy) is 4. The third kappa shape index (κ3) is 36.9. The summed E-state index contributed by atoms with van der Waals surface area (Å²) >= 11 is 4.91. The van der Waals surface area contributed by atoms with Crippen LogP contribution in [0.3, 0.4) is 0 Å². The van der Waals surface area contributed by atoms with Crippen LogP contribution < -0.4 is 16.0 Å². The summed E-state index contributed by atoms with van der Waals surface area (Å²) in [4.78, 5) is 59.0. The molecule has 3 amide bonds. The van der Waals surface area contributed by atoms with Gasteiger partial charge in [0.15, 0.2) is 0 Å². The largest absolute Gasteiger partial charge is 0.481 e. The molecule has 0 aliphatic rings. The molecule has 0 aliphatic heterocycles. The molecule has 5 N–H and O–H groups in total. The number of carboxylic acids is 2. The number of unbranched alkanes of at least 4 members (excludes halogenated alkanes) is 13. The van der Waals surface area contributed by atoms with Crippen molar-refractivity contribution in [2.75, 3.05) is 65.9 Å². The quantitative estimate of drug-likeness (QED) is 0.0443. The lowest BCUT2D eigenvalue weighted by atomic mass is 10.0. The van der Waals surface area contributed by atoms with Crippen LogP contribution in [0, 0.1) is 0 Å². The molecule has 0 aromatic carbocycles. The molecule has 0 radical (unpaired) electrons. The Morgan fingerprint density at radius 1 is 0.529 bits per heavy atom. The van der Waals surface area contributed by atoms with Gasteiger partial charge in [-0.15, -0.1) is 0 Å². The number of aliphatic carboxylic acids is 2. The van der Waals surface area contributed by atoms with Crippen LogP contribution in [0.15, 0.2) is 0 Å². The predicted molar refractivity (Wildman–Crippen MR) is 198 cm³/mol. The first-order valence-electron chi connectivity index (χ1n) is 18.7. The van der Waals surface area contributed by atoms with Crippen LogP contribution in [-0.2, 0) is 42.9 Å². The third-order valence-electron chi connectivity index (χ3n) is 7.76. The van der Waals surface area contributed by atoms with Crippen molar-refractivity contribution in [1.82, 2.24) is 16.0 Å². The van der Waals surface area contributed by atoms with E-state index in [-0.39, 0.29) is 76.4 Å². The summed E-state index contributed by atoms with van der Waals surface area (Å²) in [6.45, 7) is 4.60. The first-order valence-corrected chi connectivity index (χ1v) is 19.1. The molecular weight excluding hydrogens is 682 g/mol. The van der Waals surface area contributed by atoms with E-state index < -0.39 is 18.0 Å². The van der Waals surface area contributed by atoms with Gasteiger partial charge < -0.3 is 45.1 Å². The van der Waals surface area contributed by atoms with Crippen LogP contribution in [0.1, 0.15) is 122 Å². The fraction of sp³-hybridized carbons (Fsp3) is 0.833. The van der Waals surface area contributed by atoms with Crippen molar-refractivity contribution in [1.29, 1.82) is 0 Å². The van der Waals surface area contributed by atoms with Crippen LogP contribution in [0.4, 0.5) is 0 Å². The maximum Gasteiger partial charge on any atom is 0.326 e. The summed E-state index contributed by atoms with van der Waals surface area (Å²) < 4.78 is 21.2. The summed E-state index contributed by atoms with van der Waals surface area (Å²) in [5.41, 5.74) is 0. The maximum atomic E-state index is 12.3. The molecule has 1 atom stereocenters. The lowest BCUT2D eigenvalue weighted by molar-refractivity contribution is -0.142. The molecule has 51 heavy (non-hydrogen) atoms. The van der Waals surface area contributed by atoms with E-state index in [1.54, 1.807) is 0 Å². The van der Waals surface area contributed by atoms with E-state index in [1.807, 2.05) is 6.92 Å². The molecule has 0 fully saturated rings. The fourth-order valence-electron chi connectivity index (χ4n) is 4.97. The van der Waals surface area contributed by atoms with Crippen molar-refractivity contribution in [2.45, 2.75) is 129 Å². The molecule has 0 bridgehead atoms. The van der Waals surface area contributed by atoms with Crippen LogP contribution >= 0.6 is 12.2 Å². The van der Waals surface area contributed by atoms with E-state index in [4.69, 9.17) is 36.3 Å². The predicted octanol–water partition coefficient (Wildman–Crippen LogP) is 4.35. The van der Waals surface area contributed by atoms with Gasteiger partial charge in [-0.25, -0.2) is 4.79 Å². The average Bonchev–Trinajstić information content (AvgIpc) is 3.08. The number of thiocarbonyl (C=S) groups is 1. The molecular formula is C36H65N3O11S. The smallest absolute Gasteiger partial charge is 0.326 e. The average molecular weight is 748 g/mol. The highest BCUT2D eigenvalue weighted by Gasteiger charge is 2.20. The van der Waals surface area contributed by atoms with Gasteiger partial charge in [-0.3, -0.25) is 19.2 Å². The number of hydrogen-bond donors (Lipinski definition) is 5. The molecule has 0 heterocycles. The normalized spacial score (nSPS) is 11.5. The van der Waals surface area contributed by atoms with Crippen LogP contribution in [0.25, 0.3) is 0 Å². The second-order valence-corrected chi connectivity index (χ2v) is 13.3. The minimum absolute atomic E-state index is 0.00886. The summed E-state index contributed by atoms with van der Waals surface area (Å²) in [5, 5.41) is 26.0. The molecule has 0 spiro atoms. The van der Waals surface area contributed by atoms with E-state index >= 15 is 0 Å². The van der Waals surface area contributed by atoms with Gasteiger partial charge in [0.1, 0.15) is 12.6 Å². The van der Waals surface area contributed by atoms with Crippen LogP contribution in [0.5, 0.6) is 0 Å². The molecule has 296 valence electrons. The number of carbonyl (C=O) groups excluding carboxylic acids is 3. The number of nitrogens with one attached hydrogen (secondary N) is 3. The highest BCUT2D eigenvalue weighted by Crippen LogP contribution is 2.14. The number of hydrogen-bond acceptors (Lipinski definition) is 10. The zero-order chi connectivity index (χ0) is 37.8. The molecule has 0 saturated carbocycles. The zero-order valence-electron chi connectivity index (χ0n) is 30.9. The Kier molecular flexibility index (Phi) is 33.8. The van der Waals surface area contributed by atoms with Crippen molar-refractivity contribution in [3.05, 3.63) is 0 Å². The number of carbonyl (C=O) groups is 5. The monoisotopic (exact) mass is 747 g/mol. The Morgan fingerprint density at radius 2 is 0.961 bits per heavy atom. The number of amides is 3. The topological polar surface area (TPSA) is 199 Å². The number of carboxylic acid groups (broad SMARTS) is 2. The maximum absolute atomic E-state index is 12.3. The van der Waals surface area contributed by atoms with E-state index in [1.165, 1.54) is 44.9 Å². The molecule has 0 aromatic rings. The lowest BCUT2D eigenvalue weighted by Gasteiger charge is -2.14. The first-order chi connectivity index (χ1) is 24.6. The Hall–Kier alpha value is -2.72. The molecule has 0 unspecified atom stereocenters. The van der Waals surface area contributed by atoms with Gasteiger partial charge in [0, 0.05) is 37.2 Å². The molecule has 14 nitrogen and oxygen atoms in total. The highest BCUT2D eigenvalue weighted by molar-refractivity contribution is 7.80. The van der Waals surface area contributed by atoms with Crippen molar-refractivity contribution < 1.29 is 53.1 Å². The molecule has 0 aliphatic carbocycles. The minimum atomic E-state index is -1.17. The summed E-state index contributed by atoms with van der Waals surface area (Å²) in [5.74, 6) is -2.80. The SMILES string of the molecule is CC(=S)COCCOCCNC(=O)COCCOCCNC(=O)CC[C@H](NC(=O)CCCCCCCCCCCCCCCCC(=O)O)C(=O)O. The Morgan fingerprint density at radius 3 is 1.43 bits per heavy atom. The van der Waals surface area contributed by atoms with Gasteiger partial charge in [-0.2, -0.15) is 0 Å². The van der Waals surface area contributed by atoms with Gasteiger partial charge in [-0.1, -0.05) is 89.3 Å². The van der Waals surface area contributed by atoms with E-state index in [0.717, 1.165) is 43.4 Å². The van der Waals surface area contributed by atoms with Crippen molar-refractivity contribution in [3.63, 3.8) is 0 Å². The van der Waals surface area contributed by atoms with Gasteiger partial charge in [0.25, 0.3) is 0 Å².